The average Bonchev–Trinajstić information content (AvgIpc) is 2.63. The first kappa shape index (κ1) is 10.5. The fraction of sp³-hybridized carbons (Fsp3) is 0.900. The van der Waals surface area contributed by atoms with Gasteiger partial charge in [0.15, 0.2) is 0 Å². The fourth-order valence-electron chi connectivity index (χ4n) is 1.19. The van der Waals surface area contributed by atoms with Crippen LogP contribution in [0.4, 0.5) is 0 Å². The van der Waals surface area contributed by atoms with Crippen molar-refractivity contribution in [2.75, 3.05) is 0 Å². The topological polar surface area (TPSA) is 55.1 Å². The molecule has 0 aromatic rings. The Morgan fingerprint density at radius 1 is 1.54 bits per heavy atom. The molecule has 0 spiro atoms. The highest BCUT2D eigenvalue weighted by molar-refractivity contribution is 5.82. The third kappa shape index (κ3) is 2.69. The number of nitrogens with two attached hydrogens (primary N) is 1. The highest BCUT2D eigenvalue weighted by atomic mass is 16.2. The standard InChI is InChI=1S/C10H20N2O/c1-6-5-7(6)12-9(13)8(11)10(2,3)4/h6-8H,5,11H2,1-4H3,(H,12,13)/t6?,7?,8-/m1/s1. The molecule has 3 heteroatoms. The van der Waals surface area contributed by atoms with Crippen LogP contribution in [0.15, 0.2) is 0 Å². The lowest BCUT2D eigenvalue weighted by Gasteiger charge is -2.25. The molecule has 1 amide bonds. The van der Waals surface area contributed by atoms with E-state index in [0.717, 1.165) is 6.42 Å². The van der Waals surface area contributed by atoms with Crippen molar-refractivity contribution in [3.05, 3.63) is 0 Å². The van der Waals surface area contributed by atoms with Crippen molar-refractivity contribution in [2.45, 2.75) is 46.2 Å². The molecule has 1 aliphatic carbocycles. The minimum absolute atomic E-state index is 0.0122. The Morgan fingerprint density at radius 3 is 2.31 bits per heavy atom. The van der Waals surface area contributed by atoms with Gasteiger partial charge in [-0.15, -0.1) is 0 Å². The lowest BCUT2D eigenvalue weighted by Crippen LogP contribution is -2.49. The van der Waals surface area contributed by atoms with Gasteiger partial charge < -0.3 is 11.1 Å². The van der Waals surface area contributed by atoms with Crippen LogP contribution < -0.4 is 11.1 Å². The Labute approximate surface area is 80.1 Å². The number of carbonyl (C=O) groups is 1. The van der Waals surface area contributed by atoms with Gasteiger partial charge >= 0.3 is 0 Å². The predicted molar refractivity (Wildman–Crippen MR) is 53.1 cm³/mol. The minimum Gasteiger partial charge on any atom is -0.352 e. The normalized spacial score (nSPS) is 29.6. The van der Waals surface area contributed by atoms with E-state index in [4.69, 9.17) is 5.73 Å². The molecule has 2 unspecified atom stereocenters. The van der Waals surface area contributed by atoms with E-state index in [1.807, 2.05) is 20.8 Å². The highest BCUT2D eigenvalue weighted by Gasteiger charge is 2.37. The van der Waals surface area contributed by atoms with Crippen LogP contribution in [0.25, 0.3) is 0 Å². The number of rotatable bonds is 2. The van der Waals surface area contributed by atoms with Gasteiger partial charge in [-0.05, 0) is 17.8 Å². The SMILES string of the molecule is CC1CC1NC(=O)[C@@H](N)C(C)(C)C. The van der Waals surface area contributed by atoms with Gasteiger partial charge in [-0.25, -0.2) is 0 Å². The maximum absolute atomic E-state index is 11.5. The number of amides is 1. The highest BCUT2D eigenvalue weighted by Crippen LogP contribution is 2.29. The van der Waals surface area contributed by atoms with E-state index in [2.05, 4.69) is 12.2 Å². The zero-order chi connectivity index (χ0) is 10.2. The van der Waals surface area contributed by atoms with Crippen molar-refractivity contribution in [1.29, 1.82) is 0 Å². The van der Waals surface area contributed by atoms with Gasteiger partial charge in [0.2, 0.25) is 5.91 Å². The van der Waals surface area contributed by atoms with Crippen LogP contribution in [0.2, 0.25) is 0 Å². The van der Waals surface area contributed by atoms with E-state index in [0.29, 0.717) is 12.0 Å². The molecule has 0 bridgehead atoms. The summed E-state index contributed by atoms with van der Waals surface area (Å²) in [6.45, 7) is 8.07. The first-order valence-electron chi connectivity index (χ1n) is 4.88. The molecule has 3 nitrogen and oxygen atoms in total. The maximum atomic E-state index is 11.5. The molecule has 0 saturated heterocycles. The Balaban J connectivity index is 2.39. The van der Waals surface area contributed by atoms with Crippen molar-refractivity contribution in [1.82, 2.24) is 5.32 Å². The second kappa shape index (κ2) is 3.29. The first-order valence-corrected chi connectivity index (χ1v) is 4.88. The fourth-order valence-corrected chi connectivity index (χ4v) is 1.19. The molecule has 0 aromatic carbocycles. The van der Waals surface area contributed by atoms with E-state index < -0.39 is 6.04 Å². The molecular weight excluding hydrogens is 164 g/mol. The minimum atomic E-state index is -0.403. The molecule has 3 atom stereocenters. The smallest absolute Gasteiger partial charge is 0.237 e. The zero-order valence-electron chi connectivity index (χ0n) is 8.92. The van der Waals surface area contributed by atoms with Crippen molar-refractivity contribution < 1.29 is 4.79 Å². The third-order valence-corrected chi connectivity index (χ3v) is 2.65. The summed E-state index contributed by atoms with van der Waals surface area (Å²) in [7, 11) is 0. The van der Waals surface area contributed by atoms with Crippen molar-refractivity contribution in [3.8, 4) is 0 Å². The van der Waals surface area contributed by atoms with Gasteiger partial charge in [0, 0.05) is 6.04 Å². The Morgan fingerprint density at radius 2 is 2.00 bits per heavy atom. The molecule has 1 rings (SSSR count). The Kier molecular flexibility index (Phi) is 2.66. The average molecular weight is 184 g/mol. The van der Waals surface area contributed by atoms with Crippen LogP contribution in [-0.4, -0.2) is 18.0 Å². The summed E-state index contributed by atoms with van der Waals surface area (Å²) < 4.78 is 0. The van der Waals surface area contributed by atoms with Gasteiger partial charge in [0.05, 0.1) is 6.04 Å². The lowest BCUT2D eigenvalue weighted by atomic mass is 9.87. The van der Waals surface area contributed by atoms with Crippen LogP contribution in [0.1, 0.15) is 34.1 Å². The molecule has 0 radical (unpaired) electrons. The molecule has 1 aliphatic rings. The molecule has 0 aromatic heterocycles. The molecule has 1 fully saturated rings. The summed E-state index contributed by atoms with van der Waals surface area (Å²) in [4.78, 5) is 11.5. The molecule has 13 heavy (non-hydrogen) atoms. The first-order chi connectivity index (χ1) is 5.82. The van der Waals surface area contributed by atoms with Crippen LogP contribution in [0, 0.1) is 11.3 Å². The summed E-state index contributed by atoms with van der Waals surface area (Å²) in [6, 6.07) is -0.0267. The van der Waals surface area contributed by atoms with E-state index in [1.54, 1.807) is 0 Å². The number of nitrogens with one attached hydrogen (secondary N) is 1. The monoisotopic (exact) mass is 184 g/mol. The second-order valence-corrected chi connectivity index (χ2v) is 5.17. The summed E-state index contributed by atoms with van der Waals surface area (Å²) in [5.74, 6) is 0.623. The molecule has 0 heterocycles. The van der Waals surface area contributed by atoms with Crippen LogP contribution in [-0.2, 0) is 4.79 Å². The molecule has 3 N–H and O–H groups in total. The van der Waals surface area contributed by atoms with E-state index in [-0.39, 0.29) is 11.3 Å². The summed E-state index contributed by atoms with van der Waals surface area (Å²) >= 11 is 0. The van der Waals surface area contributed by atoms with Crippen molar-refractivity contribution in [3.63, 3.8) is 0 Å². The van der Waals surface area contributed by atoms with Crippen LogP contribution in [0.3, 0.4) is 0 Å². The Hall–Kier alpha value is -0.570. The summed E-state index contributed by atoms with van der Waals surface area (Å²) in [5, 5.41) is 2.95. The number of carbonyl (C=O) groups excluding carboxylic acids is 1. The van der Waals surface area contributed by atoms with E-state index in [1.165, 1.54) is 0 Å². The van der Waals surface area contributed by atoms with E-state index in [9.17, 15) is 4.79 Å². The van der Waals surface area contributed by atoms with Crippen LogP contribution >= 0.6 is 0 Å². The van der Waals surface area contributed by atoms with Crippen molar-refractivity contribution in [2.24, 2.45) is 17.1 Å². The largest absolute Gasteiger partial charge is 0.352 e. The lowest BCUT2D eigenvalue weighted by molar-refractivity contribution is -0.124. The zero-order valence-corrected chi connectivity index (χ0v) is 8.92. The van der Waals surface area contributed by atoms with Crippen molar-refractivity contribution >= 4 is 5.91 Å². The Bertz CT molecular complexity index is 207. The molecule has 1 saturated carbocycles. The number of hydrogen-bond acceptors (Lipinski definition) is 2. The summed E-state index contributed by atoms with van der Waals surface area (Å²) in [6.07, 6.45) is 1.10. The number of hydrogen-bond donors (Lipinski definition) is 2. The molecular formula is C10H20N2O. The van der Waals surface area contributed by atoms with Gasteiger partial charge in [0.1, 0.15) is 0 Å². The second-order valence-electron chi connectivity index (χ2n) is 5.17. The van der Waals surface area contributed by atoms with Gasteiger partial charge in [0.25, 0.3) is 0 Å². The van der Waals surface area contributed by atoms with Gasteiger partial charge in [-0.2, -0.15) is 0 Å². The predicted octanol–water partition coefficient (Wildman–Crippen LogP) is 0.884. The third-order valence-electron chi connectivity index (χ3n) is 2.65. The van der Waals surface area contributed by atoms with Crippen LogP contribution in [0.5, 0.6) is 0 Å². The molecule has 76 valence electrons. The molecule has 0 aliphatic heterocycles. The maximum Gasteiger partial charge on any atom is 0.237 e. The van der Waals surface area contributed by atoms with E-state index >= 15 is 0 Å². The summed E-state index contributed by atoms with van der Waals surface area (Å²) in [5.41, 5.74) is 5.65. The van der Waals surface area contributed by atoms with Gasteiger partial charge in [-0.1, -0.05) is 27.7 Å². The quantitative estimate of drug-likeness (QED) is 0.669. The van der Waals surface area contributed by atoms with Gasteiger partial charge in [-0.3, -0.25) is 4.79 Å².